The zero-order valence-electron chi connectivity index (χ0n) is 10.2. The van der Waals surface area contributed by atoms with Crippen molar-refractivity contribution in [2.75, 3.05) is 6.61 Å². The van der Waals surface area contributed by atoms with Crippen molar-refractivity contribution in [2.24, 2.45) is 5.16 Å². The van der Waals surface area contributed by atoms with Gasteiger partial charge in [-0.3, -0.25) is 0 Å². The lowest BCUT2D eigenvalue weighted by molar-refractivity contribution is 0.141. The lowest BCUT2D eigenvalue weighted by Gasteiger charge is -1.98. The molecule has 0 spiro atoms. The van der Waals surface area contributed by atoms with Crippen LogP contribution in [-0.4, -0.2) is 12.8 Å². The molecule has 0 saturated heterocycles. The fourth-order valence-corrected chi connectivity index (χ4v) is 1.35. The second-order valence-electron chi connectivity index (χ2n) is 3.96. The molecule has 1 aromatic rings. The Morgan fingerprint density at radius 3 is 2.56 bits per heavy atom. The molecule has 1 rings (SSSR count). The molecular formula is C14H20NO. The smallest absolute Gasteiger partial charge is 0.139 e. The summed E-state index contributed by atoms with van der Waals surface area (Å²) in [4.78, 5) is 5.13. The van der Waals surface area contributed by atoms with Crippen LogP contribution < -0.4 is 0 Å². The summed E-state index contributed by atoms with van der Waals surface area (Å²) in [6, 6.07) is 8.05. The first kappa shape index (κ1) is 12.8. The quantitative estimate of drug-likeness (QED) is 0.387. The van der Waals surface area contributed by atoms with E-state index in [4.69, 9.17) is 4.84 Å². The van der Waals surface area contributed by atoms with Crippen molar-refractivity contribution in [2.45, 2.75) is 39.5 Å². The number of hydrogen-bond donors (Lipinski definition) is 0. The van der Waals surface area contributed by atoms with E-state index in [0.29, 0.717) is 6.61 Å². The number of unbranched alkanes of at least 4 members (excludes halogenated alkanes) is 3. The molecule has 0 atom stereocenters. The van der Waals surface area contributed by atoms with Gasteiger partial charge in [-0.2, -0.15) is 0 Å². The largest absolute Gasteiger partial charge is 0.395 e. The van der Waals surface area contributed by atoms with Crippen LogP contribution in [0, 0.1) is 6.92 Å². The predicted octanol–water partition coefficient (Wildman–Crippen LogP) is 3.80. The van der Waals surface area contributed by atoms with Gasteiger partial charge in [-0.1, -0.05) is 54.8 Å². The lowest BCUT2D eigenvalue weighted by Crippen LogP contribution is -1.89. The molecule has 0 aliphatic carbocycles. The molecule has 2 heteroatoms. The third kappa shape index (κ3) is 5.54. The standard InChI is InChI=1S/C14H20NO/c1-3-4-5-6-11-16-15-12-14-9-7-13(2)8-10-14/h7-10H,3-6,11H2,1-2H3. The minimum absolute atomic E-state index is 0.693. The molecule has 1 aromatic carbocycles. The lowest BCUT2D eigenvalue weighted by atomic mass is 10.2. The maximum absolute atomic E-state index is 5.13. The summed E-state index contributed by atoms with van der Waals surface area (Å²) in [5, 5.41) is 3.82. The summed E-state index contributed by atoms with van der Waals surface area (Å²) in [7, 11) is 0. The van der Waals surface area contributed by atoms with Gasteiger partial charge in [-0.05, 0) is 19.8 Å². The van der Waals surface area contributed by atoms with E-state index in [1.54, 1.807) is 0 Å². The Labute approximate surface area is 98.3 Å². The number of hydrogen-bond acceptors (Lipinski definition) is 2. The van der Waals surface area contributed by atoms with Gasteiger partial charge in [-0.25, -0.2) is 0 Å². The van der Waals surface area contributed by atoms with Gasteiger partial charge in [0, 0.05) is 5.56 Å². The van der Waals surface area contributed by atoms with Gasteiger partial charge in [0.25, 0.3) is 0 Å². The molecule has 0 aliphatic rings. The zero-order valence-corrected chi connectivity index (χ0v) is 10.2. The van der Waals surface area contributed by atoms with Crippen LogP contribution in [0.15, 0.2) is 29.4 Å². The number of benzene rings is 1. The molecule has 0 bridgehead atoms. The molecule has 0 saturated carbocycles. The Morgan fingerprint density at radius 2 is 1.88 bits per heavy atom. The maximum atomic E-state index is 5.13. The summed E-state index contributed by atoms with van der Waals surface area (Å²) >= 11 is 0. The van der Waals surface area contributed by atoms with Gasteiger partial charge in [0.2, 0.25) is 0 Å². The molecule has 0 heterocycles. The number of nitrogens with zero attached hydrogens (tertiary/aromatic N) is 1. The van der Waals surface area contributed by atoms with Crippen LogP contribution in [0.2, 0.25) is 0 Å². The Bertz CT molecular complexity index is 303. The minimum Gasteiger partial charge on any atom is -0.395 e. The maximum Gasteiger partial charge on any atom is 0.139 e. The first-order valence-electron chi connectivity index (χ1n) is 5.97. The molecule has 2 nitrogen and oxygen atoms in total. The summed E-state index contributed by atoms with van der Waals surface area (Å²) in [5.41, 5.74) is 2.20. The third-order valence-electron chi connectivity index (χ3n) is 2.38. The van der Waals surface area contributed by atoms with Crippen LogP contribution in [0.5, 0.6) is 0 Å². The van der Waals surface area contributed by atoms with Gasteiger partial charge < -0.3 is 4.84 Å². The first-order chi connectivity index (χ1) is 7.83. The van der Waals surface area contributed by atoms with Gasteiger partial charge >= 0.3 is 0 Å². The minimum atomic E-state index is 0.693. The van der Waals surface area contributed by atoms with Gasteiger partial charge in [-0.15, -0.1) is 0 Å². The van der Waals surface area contributed by atoms with Crippen molar-refractivity contribution in [3.63, 3.8) is 0 Å². The van der Waals surface area contributed by atoms with Crippen molar-refractivity contribution < 1.29 is 4.84 Å². The van der Waals surface area contributed by atoms with E-state index in [2.05, 4.69) is 25.2 Å². The van der Waals surface area contributed by atoms with Crippen LogP contribution in [0.1, 0.15) is 43.7 Å². The molecule has 0 fully saturated rings. The van der Waals surface area contributed by atoms with E-state index in [-0.39, 0.29) is 0 Å². The highest BCUT2D eigenvalue weighted by molar-refractivity contribution is 5.79. The molecule has 0 aromatic heterocycles. The van der Waals surface area contributed by atoms with E-state index in [1.807, 2.05) is 24.3 Å². The van der Waals surface area contributed by atoms with Crippen LogP contribution in [0.25, 0.3) is 0 Å². The number of aryl methyl sites for hydroxylation is 1. The summed E-state index contributed by atoms with van der Waals surface area (Å²) < 4.78 is 0. The molecule has 0 aliphatic heterocycles. The SMILES string of the molecule is CCCCCCO/N=[C]/c1ccc(C)cc1. The van der Waals surface area contributed by atoms with E-state index in [1.165, 1.54) is 24.8 Å². The van der Waals surface area contributed by atoms with Crippen molar-refractivity contribution in [1.82, 2.24) is 0 Å². The Kier molecular flexibility index (Phi) is 6.31. The average Bonchev–Trinajstić information content (AvgIpc) is 2.30. The van der Waals surface area contributed by atoms with Crippen molar-refractivity contribution >= 4 is 6.21 Å². The molecule has 87 valence electrons. The molecule has 0 N–H and O–H groups in total. The first-order valence-corrected chi connectivity index (χ1v) is 5.97. The number of rotatable bonds is 7. The van der Waals surface area contributed by atoms with Gasteiger partial charge in [0.1, 0.15) is 12.8 Å². The Hall–Kier alpha value is -1.31. The molecule has 1 radical (unpaired) electrons. The molecule has 16 heavy (non-hydrogen) atoms. The van der Waals surface area contributed by atoms with Crippen LogP contribution >= 0.6 is 0 Å². The van der Waals surface area contributed by atoms with Crippen LogP contribution in [-0.2, 0) is 4.84 Å². The average molecular weight is 218 g/mol. The molecular weight excluding hydrogens is 198 g/mol. The Balaban J connectivity index is 2.14. The van der Waals surface area contributed by atoms with Gasteiger partial charge in [0.05, 0.1) is 0 Å². The second-order valence-corrected chi connectivity index (χ2v) is 3.96. The van der Waals surface area contributed by atoms with E-state index in [9.17, 15) is 0 Å². The van der Waals surface area contributed by atoms with Crippen LogP contribution in [0.3, 0.4) is 0 Å². The monoisotopic (exact) mass is 218 g/mol. The summed E-state index contributed by atoms with van der Waals surface area (Å²) in [5.74, 6) is 0. The second kappa shape index (κ2) is 7.91. The van der Waals surface area contributed by atoms with Crippen molar-refractivity contribution in [3.8, 4) is 0 Å². The summed E-state index contributed by atoms with van der Waals surface area (Å²) in [6.45, 7) is 4.95. The Morgan fingerprint density at radius 1 is 1.12 bits per heavy atom. The fourth-order valence-electron chi connectivity index (χ4n) is 1.35. The highest BCUT2D eigenvalue weighted by Crippen LogP contribution is 2.01. The molecule has 0 unspecified atom stereocenters. The zero-order chi connectivity index (χ0) is 11.6. The van der Waals surface area contributed by atoms with Gasteiger partial charge in [0.15, 0.2) is 0 Å². The fraction of sp³-hybridized carbons (Fsp3) is 0.500. The topological polar surface area (TPSA) is 21.6 Å². The predicted molar refractivity (Wildman–Crippen MR) is 67.8 cm³/mol. The van der Waals surface area contributed by atoms with E-state index < -0.39 is 0 Å². The van der Waals surface area contributed by atoms with Crippen LogP contribution in [0.4, 0.5) is 0 Å². The normalized spacial score (nSPS) is 10.9. The van der Waals surface area contributed by atoms with Crippen molar-refractivity contribution in [3.05, 3.63) is 35.4 Å². The van der Waals surface area contributed by atoms with E-state index >= 15 is 0 Å². The van der Waals surface area contributed by atoms with Crippen molar-refractivity contribution in [1.29, 1.82) is 0 Å². The van der Waals surface area contributed by atoms with E-state index in [0.717, 1.165) is 12.0 Å². The highest BCUT2D eigenvalue weighted by Gasteiger charge is 1.89. The third-order valence-corrected chi connectivity index (χ3v) is 2.38. The summed E-state index contributed by atoms with van der Waals surface area (Å²) in [6.07, 6.45) is 7.68. The molecule has 0 amide bonds. The highest BCUT2D eigenvalue weighted by atomic mass is 16.6.